The summed E-state index contributed by atoms with van der Waals surface area (Å²) in [4.78, 5) is 16.0. The number of unbranched alkanes of at least 4 members (excludes halogenated alkanes) is 3. The van der Waals surface area contributed by atoms with Crippen molar-refractivity contribution in [1.82, 2.24) is 10.3 Å². The number of nitrogens with one attached hydrogen (secondary N) is 1. The first kappa shape index (κ1) is 19.8. The molecule has 0 radical (unpaired) electrons. The summed E-state index contributed by atoms with van der Waals surface area (Å²) in [6.45, 7) is 4.16. The van der Waals surface area contributed by atoms with Crippen molar-refractivity contribution in [3.8, 4) is 12.1 Å². The fourth-order valence-electron chi connectivity index (χ4n) is 2.19. The summed E-state index contributed by atoms with van der Waals surface area (Å²) in [7, 11) is 0. The molecule has 0 saturated heterocycles. The Morgan fingerprint density at radius 1 is 1.33 bits per heavy atom. The van der Waals surface area contributed by atoms with E-state index in [-0.39, 0.29) is 34.6 Å². The number of thioether (sulfide) groups is 1. The molecule has 0 aliphatic rings. The molecule has 0 aliphatic heterocycles. The van der Waals surface area contributed by atoms with Gasteiger partial charge in [-0.05, 0) is 19.4 Å². The van der Waals surface area contributed by atoms with Crippen LogP contribution in [-0.4, -0.2) is 22.7 Å². The molecular formula is C17H23N5OS. The first-order chi connectivity index (χ1) is 11.5. The van der Waals surface area contributed by atoms with Crippen LogP contribution in [0.15, 0.2) is 11.1 Å². The van der Waals surface area contributed by atoms with E-state index in [9.17, 15) is 4.79 Å². The largest absolute Gasteiger partial charge is 0.383 e. The van der Waals surface area contributed by atoms with Crippen LogP contribution in [0.2, 0.25) is 0 Å². The molecule has 24 heavy (non-hydrogen) atoms. The molecule has 1 heterocycles. The van der Waals surface area contributed by atoms with Crippen LogP contribution in [0.5, 0.6) is 0 Å². The molecule has 1 aromatic rings. The predicted octanol–water partition coefficient (Wildman–Crippen LogP) is 2.97. The number of hydrogen-bond donors (Lipinski definition) is 2. The summed E-state index contributed by atoms with van der Waals surface area (Å²) in [5.41, 5.74) is 6.09. The first-order valence-electron chi connectivity index (χ1n) is 8.04. The van der Waals surface area contributed by atoms with Crippen molar-refractivity contribution >= 4 is 23.5 Å². The third-order valence-corrected chi connectivity index (χ3v) is 4.49. The highest BCUT2D eigenvalue weighted by Crippen LogP contribution is 2.23. The molecule has 7 heteroatoms. The average molecular weight is 345 g/mol. The van der Waals surface area contributed by atoms with Crippen LogP contribution < -0.4 is 11.1 Å². The Morgan fingerprint density at radius 2 is 2.04 bits per heavy atom. The molecule has 1 atom stereocenters. The van der Waals surface area contributed by atoms with Crippen LogP contribution in [0.3, 0.4) is 0 Å². The van der Waals surface area contributed by atoms with Gasteiger partial charge in [0.25, 0.3) is 0 Å². The van der Waals surface area contributed by atoms with Crippen molar-refractivity contribution < 1.29 is 4.79 Å². The van der Waals surface area contributed by atoms with Gasteiger partial charge in [0.15, 0.2) is 0 Å². The monoisotopic (exact) mass is 345 g/mol. The highest BCUT2D eigenvalue weighted by molar-refractivity contribution is 8.00. The standard InChI is InChI=1S/C17H23N5OS/c1-3-4-5-6-7-12(2)21-15(23)11-24-17-14(10-19)8-13(9-18)16(20)22-17/h8,12H,3-7,11H2,1-2H3,(H2,20,22)(H,21,23)/t12-/m0/s1. The lowest BCUT2D eigenvalue weighted by Gasteiger charge is -2.13. The summed E-state index contributed by atoms with van der Waals surface area (Å²) in [5, 5.41) is 21.3. The summed E-state index contributed by atoms with van der Waals surface area (Å²) < 4.78 is 0. The third kappa shape index (κ3) is 6.47. The average Bonchev–Trinajstić information content (AvgIpc) is 2.57. The molecule has 1 rings (SSSR count). The Kier molecular flexibility index (Phi) is 8.67. The highest BCUT2D eigenvalue weighted by Gasteiger charge is 2.13. The number of anilines is 1. The van der Waals surface area contributed by atoms with Gasteiger partial charge in [0.05, 0.1) is 16.9 Å². The van der Waals surface area contributed by atoms with Gasteiger partial charge in [0.1, 0.15) is 23.0 Å². The molecule has 0 aromatic carbocycles. The molecule has 1 aromatic heterocycles. The lowest BCUT2D eigenvalue weighted by atomic mass is 10.1. The molecule has 0 unspecified atom stereocenters. The zero-order valence-corrected chi connectivity index (χ0v) is 14.9. The minimum Gasteiger partial charge on any atom is -0.383 e. The Labute approximate surface area is 147 Å². The summed E-state index contributed by atoms with van der Waals surface area (Å²) in [5.74, 6) is 0.132. The zero-order valence-electron chi connectivity index (χ0n) is 14.1. The summed E-state index contributed by atoms with van der Waals surface area (Å²) >= 11 is 1.15. The van der Waals surface area contributed by atoms with Crippen molar-refractivity contribution in [3.63, 3.8) is 0 Å². The topological polar surface area (TPSA) is 116 Å². The van der Waals surface area contributed by atoms with Crippen LogP contribution in [0.25, 0.3) is 0 Å². The molecule has 0 fully saturated rings. The Morgan fingerprint density at radius 3 is 2.67 bits per heavy atom. The van der Waals surface area contributed by atoms with E-state index in [1.54, 1.807) is 0 Å². The SMILES string of the molecule is CCCCCC[C@H](C)NC(=O)CSc1nc(N)c(C#N)cc1C#N. The summed E-state index contributed by atoms with van der Waals surface area (Å²) in [6, 6.07) is 5.40. The maximum Gasteiger partial charge on any atom is 0.230 e. The van der Waals surface area contributed by atoms with Gasteiger partial charge in [0.2, 0.25) is 5.91 Å². The quantitative estimate of drug-likeness (QED) is 0.525. The minimum absolute atomic E-state index is 0.0729. The molecule has 128 valence electrons. The van der Waals surface area contributed by atoms with Gasteiger partial charge in [0, 0.05) is 6.04 Å². The molecule has 0 bridgehead atoms. The van der Waals surface area contributed by atoms with Crippen LogP contribution in [0, 0.1) is 22.7 Å². The molecule has 0 aliphatic carbocycles. The van der Waals surface area contributed by atoms with Crippen molar-refractivity contribution in [2.45, 2.75) is 57.0 Å². The Bertz CT molecular complexity index is 648. The number of hydrogen-bond acceptors (Lipinski definition) is 6. The normalized spacial score (nSPS) is 11.3. The predicted molar refractivity (Wildman–Crippen MR) is 95.2 cm³/mol. The summed E-state index contributed by atoms with van der Waals surface area (Å²) in [6.07, 6.45) is 5.67. The van der Waals surface area contributed by atoms with Gasteiger partial charge in [-0.2, -0.15) is 10.5 Å². The fraction of sp³-hybridized carbons (Fsp3) is 0.529. The van der Waals surface area contributed by atoms with Gasteiger partial charge < -0.3 is 11.1 Å². The second-order valence-electron chi connectivity index (χ2n) is 5.60. The number of aromatic nitrogens is 1. The van der Waals surface area contributed by atoms with Crippen LogP contribution in [-0.2, 0) is 4.79 Å². The van der Waals surface area contributed by atoms with E-state index < -0.39 is 0 Å². The number of nitrogen functional groups attached to an aromatic ring is 1. The number of nitrogens with zero attached hydrogens (tertiary/aromatic N) is 3. The van der Waals surface area contributed by atoms with Crippen molar-refractivity contribution in [2.24, 2.45) is 0 Å². The highest BCUT2D eigenvalue weighted by atomic mass is 32.2. The number of nitriles is 2. The molecular weight excluding hydrogens is 322 g/mol. The molecule has 0 spiro atoms. The van der Waals surface area contributed by atoms with Crippen molar-refractivity contribution in [3.05, 3.63) is 17.2 Å². The maximum atomic E-state index is 12.0. The van der Waals surface area contributed by atoms with Crippen LogP contribution >= 0.6 is 11.8 Å². The van der Waals surface area contributed by atoms with Gasteiger partial charge in [-0.1, -0.05) is 44.4 Å². The number of carbonyl (C=O) groups excluding carboxylic acids is 1. The molecule has 1 amide bonds. The van der Waals surface area contributed by atoms with Crippen molar-refractivity contribution in [2.75, 3.05) is 11.5 Å². The number of amides is 1. The smallest absolute Gasteiger partial charge is 0.230 e. The van der Waals surface area contributed by atoms with E-state index in [2.05, 4.69) is 17.2 Å². The molecule has 3 N–H and O–H groups in total. The van der Waals surface area contributed by atoms with Crippen molar-refractivity contribution in [1.29, 1.82) is 10.5 Å². The number of nitrogens with two attached hydrogens (primary N) is 1. The van der Waals surface area contributed by atoms with E-state index in [1.165, 1.54) is 25.3 Å². The number of rotatable bonds is 9. The lowest BCUT2D eigenvalue weighted by Crippen LogP contribution is -2.33. The second-order valence-corrected chi connectivity index (χ2v) is 6.57. The molecule has 0 saturated carbocycles. The lowest BCUT2D eigenvalue weighted by molar-refractivity contribution is -0.119. The number of pyridine rings is 1. The van der Waals surface area contributed by atoms with Gasteiger partial charge in [-0.3, -0.25) is 4.79 Å². The van der Waals surface area contributed by atoms with Crippen LogP contribution in [0.4, 0.5) is 5.82 Å². The first-order valence-corrected chi connectivity index (χ1v) is 9.03. The zero-order chi connectivity index (χ0) is 17.9. The number of carbonyl (C=O) groups is 1. The third-order valence-electron chi connectivity index (χ3n) is 3.50. The van der Waals surface area contributed by atoms with E-state index in [0.717, 1.165) is 24.6 Å². The molecule has 6 nitrogen and oxygen atoms in total. The van der Waals surface area contributed by atoms with Gasteiger partial charge in [-0.25, -0.2) is 4.98 Å². The second kappa shape index (κ2) is 10.5. The van der Waals surface area contributed by atoms with E-state index in [4.69, 9.17) is 16.3 Å². The van der Waals surface area contributed by atoms with E-state index >= 15 is 0 Å². The van der Waals surface area contributed by atoms with Gasteiger partial charge >= 0.3 is 0 Å². The Balaban J connectivity index is 2.51. The van der Waals surface area contributed by atoms with Gasteiger partial charge in [-0.15, -0.1) is 0 Å². The van der Waals surface area contributed by atoms with E-state index in [0.29, 0.717) is 5.03 Å². The fourth-order valence-corrected chi connectivity index (χ4v) is 2.96. The minimum atomic E-state index is -0.100. The van der Waals surface area contributed by atoms with Crippen LogP contribution in [0.1, 0.15) is 57.1 Å². The van der Waals surface area contributed by atoms with E-state index in [1.807, 2.05) is 19.1 Å². The maximum absolute atomic E-state index is 12.0. The Hall–Kier alpha value is -2.25.